The molecule has 0 radical (unpaired) electrons. The number of rotatable bonds is 7. The van der Waals surface area contributed by atoms with Crippen LogP contribution in [-0.4, -0.2) is 31.0 Å². The van der Waals surface area contributed by atoms with Crippen molar-refractivity contribution in [1.82, 2.24) is 9.78 Å². The van der Waals surface area contributed by atoms with Crippen LogP contribution < -0.4 is 14.4 Å². The second kappa shape index (κ2) is 7.81. The number of ether oxygens (including phenoxy) is 2. The van der Waals surface area contributed by atoms with Crippen molar-refractivity contribution in [2.24, 2.45) is 0 Å². The van der Waals surface area contributed by atoms with Gasteiger partial charge in [0.15, 0.2) is 6.67 Å². The molecule has 1 N–H and O–H groups in total. The molecule has 25 heavy (non-hydrogen) atoms. The maximum atomic E-state index is 5.68. The summed E-state index contributed by atoms with van der Waals surface area (Å²) in [4.78, 5) is 1.61. The minimum atomic E-state index is 0.349. The van der Waals surface area contributed by atoms with Crippen LogP contribution in [-0.2, 0) is 13.2 Å². The van der Waals surface area contributed by atoms with Gasteiger partial charge in [0.1, 0.15) is 18.0 Å². The second-order valence-corrected chi connectivity index (χ2v) is 6.83. The van der Waals surface area contributed by atoms with Gasteiger partial charge in [-0.2, -0.15) is 16.0 Å². The van der Waals surface area contributed by atoms with Crippen molar-refractivity contribution in [1.29, 1.82) is 0 Å². The van der Waals surface area contributed by atoms with E-state index in [1.807, 2.05) is 12.1 Å². The Morgan fingerprint density at radius 1 is 1.24 bits per heavy atom. The van der Waals surface area contributed by atoms with Gasteiger partial charge >= 0.3 is 0 Å². The Balaban J connectivity index is 1.81. The first-order chi connectivity index (χ1) is 12.1. The molecule has 0 spiro atoms. The van der Waals surface area contributed by atoms with Crippen LogP contribution in [0.25, 0.3) is 11.5 Å². The van der Waals surface area contributed by atoms with Crippen LogP contribution in [0.15, 0.2) is 39.4 Å². The summed E-state index contributed by atoms with van der Waals surface area (Å²) in [6.45, 7) is 1.53. The molecule has 0 amide bonds. The zero-order valence-electron chi connectivity index (χ0n) is 14.3. The van der Waals surface area contributed by atoms with E-state index in [0.29, 0.717) is 28.9 Å². The molecule has 132 valence electrons. The fourth-order valence-corrected chi connectivity index (χ4v) is 3.36. The Bertz CT molecular complexity index is 865. The minimum absolute atomic E-state index is 0.349. The lowest BCUT2D eigenvalue weighted by Gasteiger charge is -2.12. The largest absolute Gasteiger partial charge is 0.497 e. The van der Waals surface area contributed by atoms with Crippen LogP contribution in [0.1, 0.15) is 5.56 Å². The highest BCUT2D eigenvalue weighted by atomic mass is 32.1. The molecule has 8 heteroatoms. The van der Waals surface area contributed by atoms with E-state index in [1.54, 1.807) is 36.3 Å². The third-order valence-electron chi connectivity index (χ3n) is 3.71. The molecular formula is C17H20N3O3S2+. The first-order valence-electron chi connectivity index (χ1n) is 7.73. The molecule has 0 aliphatic carbocycles. The first-order valence-corrected chi connectivity index (χ1v) is 9.08. The Morgan fingerprint density at radius 2 is 1.96 bits per heavy atom. The molecule has 0 aliphatic rings. The Morgan fingerprint density at radius 3 is 2.56 bits per heavy atom. The quantitative estimate of drug-likeness (QED) is 0.641. The van der Waals surface area contributed by atoms with Gasteiger partial charge in [-0.1, -0.05) is 0 Å². The van der Waals surface area contributed by atoms with Gasteiger partial charge in [-0.3, -0.25) is 0 Å². The molecule has 1 atom stereocenters. The van der Waals surface area contributed by atoms with E-state index < -0.39 is 0 Å². The lowest BCUT2D eigenvalue weighted by Crippen LogP contribution is -3.06. The predicted molar refractivity (Wildman–Crippen MR) is 98.8 cm³/mol. The third kappa shape index (κ3) is 4.28. The van der Waals surface area contributed by atoms with Crippen molar-refractivity contribution < 1.29 is 18.8 Å². The molecule has 0 aliphatic heterocycles. The third-order valence-corrected chi connectivity index (χ3v) is 4.74. The maximum absolute atomic E-state index is 5.68. The Kier molecular flexibility index (Phi) is 5.52. The summed E-state index contributed by atoms with van der Waals surface area (Å²) in [6, 6.07) is 7.61. The van der Waals surface area contributed by atoms with E-state index in [2.05, 4.69) is 29.0 Å². The topological polar surface area (TPSA) is 53.9 Å². The van der Waals surface area contributed by atoms with Gasteiger partial charge in [0.2, 0.25) is 5.89 Å². The van der Waals surface area contributed by atoms with Crippen LogP contribution in [0.3, 0.4) is 0 Å². The number of methoxy groups -OCH3 is 2. The number of nitrogens with zero attached hydrogens (tertiary/aromatic N) is 2. The summed E-state index contributed by atoms with van der Waals surface area (Å²) >= 11 is 7.02. The van der Waals surface area contributed by atoms with E-state index in [1.165, 1.54) is 10.5 Å². The van der Waals surface area contributed by atoms with Gasteiger partial charge < -0.3 is 18.8 Å². The van der Waals surface area contributed by atoms with Crippen LogP contribution in [0.4, 0.5) is 0 Å². The number of hydrogen-bond donors (Lipinski definition) is 1. The molecule has 1 unspecified atom stereocenters. The minimum Gasteiger partial charge on any atom is -0.497 e. The molecule has 0 saturated carbocycles. The lowest BCUT2D eigenvalue weighted by molar-refractivity contribution is -0.917. The van der Waals surface area contributed by atoms with Crippen LogP contribution >= 0.6 is 23.6 Å². The van der Waals surface area contributed by atoms with E-state index in [-0.39, 0.29) is 0 Å². The lowest BCUT2D eigenvalue weighted by atomic mass is 10.2. The number of thiophene rings is 1. The SMILES string of the molecule is COc1cc(OC)cc(-c2nn(C[NH+](C)Cc3ccsc3)c(=S)o2)c1. The zero-order chi connectivity index (χ0) is 17.8. The van der Waals surface area contributed by atoms with Crippen molar-refractivity contribution in [2.75, 3.05) is 21.3 Å². The van der Waals surface area contributed by atoms with Crippen molar-refractivity contribution in [3.05, 3.63) is 45.4 Å². The molecule has 3 rings (SSSR count). The van der Waals surface area contributed by atoms with Gasteiger partial charge in [-0.25, -0.2) is 0 Å². The Hall–Kier alpha value is -2.16. The summed E-state index contributed by atoms with van der Waals surface area (Å²) in [7, 11) is 5.31. The highest BCUT2D eigenvalue weighted by Gasteiger charge is 2.14. The number of hydrogen-bond acceptors (Lipinski definition) is 6. The van der Waals surface area contributed by atoms with Crippen LogP contribution in [0.5, 0.6) is 11.5 Å². The standard InChI is InChI=1S/C17H19N3O3S2/c1-19(9-12-4-5-25-10-12)11-20-17(24)23-16(18-20)13-6-14(21-2)8-15(7-13)22-3/h4-8,10H,9,11H2,1-3H3/p+1. The summed E-state index contributed by atoms with van der Waals surface area (Å²) in [6.07, 6.45) is 0. The smallest absolute Gasteiger partial charge is 0.292 e. The highest BCUT2D eigenvalue weighted by molar-refractivity contribution is 7.71. The monoisotopic (exact) mass is 378 g/mol. The van der Waals surface area contributed by atoms with Gasteiger partial charge in [0.25, 0.3) is 4.84 Å². The zero-order valence-corrected chi connectivity index (χ0v) is 15.9. The van der Waals surface area contributed by atoms with Gasteiger partial charge in [0, 0.05) is 17.2 Å². The Labute approximate surface area is 155 Å². The van der Waals surface area contributed by atoms with Crippen molar-refractivity contribution in [3.8, 4) is 23.0 Å². The number of benzene rings is 1. The molecule has 2 aromatic heterocycles. The molecule has 0 saturated heterocycles. The molecular weight excluding hydrogens is 358 g/mol. The number of nitrogens with one attached hydrogen (secondary N) is 1. The van der Waals surface area contributed by atoms with Crippen LogP contribution in [0.2, 0.25) is 0 Å². The summed E-state index contributed by atoms with van der Waals surface area (Å²) in [5.74, 6) is 1.79. The van der Waals surface area contributed by atoms with Gasteiger partial charge in [-0.05, 0) is 41.2 Å². The van der Waals surface area contributed by atoms with Gasteiger partial charge in [0.05, 0.1) is 21.3 Å². The average Bonchev–Trinajstić information content (AvgIpc) is 3.24. The second-order valence-electron chi connectivity index (χ2n) is 5.70. The van der Waals surface area contributed by atoms with E-state index >= 15 is 0 Å². The van der Waals surface area contributed by atoms with E-state index in [9.17, 15) is 0 Å². The predicted octanol–water partition coefficient (Wildman–Crippen LogP) is 2.62. The summed E-state index contributed by atoms with van der Waals surface area (Å²) in [5.41, 5.74) is 2.06. The van der Waals surface area contributed by atoms with Crippen molar-refractivity contribution in [3.63, 3.8) is 0 Å². The molecule has 2 heterocycles. The summed E-state index contributed by atoms with van der Waals surface area (Å²) in [5, 5.41) is 8.75. The van der Waals surface area contributed by atoms with Crippen LogP contribution in [0, 0.1) is 4.84 Å². The number of aromatic nitrogens is 2. The molecule has 6 nitrogen and oxygen atoms in total. The van der Waals surface area contributed by atoms with Crippen molar-refractivity contribution >= 4 is 23.6 Å². The highest BCUT2D eigenvalue weighted by Crippen LogP contribution is 2.28. The summed E-state index contributed by atoms with van der Waals surface area (Å²) < 4.78 is 18.0. The molecule has 1 aromatic carbocycles. The number of quaternary nitrogens is 1. The molecule has 3 aromatic rings. The fourth-order valence-electron chi connectivity index (χ4n) is 2.51. The fraction of sp³-hybridized carbons (Fsp3) is 0.294. The van der Waals surface area contributed by atoms with Gasteiger partial charge in [-0.15, -0.1) is 5.10 Å². The van der Waals surface area contributed by atoms with E-state index in [4.69, 9.17) is 26.1 Å². The first kappa shape index (κ1) is 17.7. The average molecular weight is 378 g/mol. The maximum Gasteiger partial charge on any atom is 0.292 e. The molecule has 0 fully saturated rings. The van der Waals surface area contributed by atoms with Crippen molar-refractivity contribution in [2.45, 2.75) is 13.2 Å². The normalized spacial score (nSPS) is 12.1. The molecule has 0 bridgehead atoms. The van der Waals surface area contributed by atoms with E-state index in [0.717, 1.165) is 12.1 Å².